The normalized spacial score (nSPS) is 11.5. The van der Waals surface area contributed by atoms with Gasteiger partial charge in [0.25, 0.3) is 5.56 Å². The molecule has 8 nitrogen and oxygen atoms in total. The Hall–Kier alpha value is -3.27. The molecule has 0 N–H and O–H groups in total. The Kier molecular flexibility index (Phi) is 7.73. The molecule has 3 aromatic carbocycles. The number of halogens is 3. The summed E-state index contributed by atoms with van der Waals surface area (Å²) in [7, 11) is 0. The number of aromatic nitrogens is 2. The van der Waals surface area contributed by atoms with Crippen LogP contribution in [0.1, 0.15) is 36.7 Å². The van der Waals surface area contributed by atoms with E-state index < -0.39 is 4.92 Å². The van der Waals surface area contributed by atoms with E-state index in [-0.39, 0.29) is 29.5 Å². The van der Waals surface area contributed by atoms with Crippen LogP contribution in [-0.4, -0.2) is 20.8 Å². The summed E-state index contributed by atoms with van der Waals surface area (Å²) in [6, 6.07) is 14.7. The van der Waals surface area contributed by atoms with E-state index in [1.54, 1.807) is 36.4 Å². The van der Waals surface area contributed by atoms with Gasteiger partial charge in [0.2, 0.25) is 5.75 Å². The van der Waals surface area contributed by atoms with Gasteiger partial charge in [-0.25, -0.2) is 4.98 Å². The average Bonchev–Trinajstić information content (AvgIpc) is 2.84. The Labute approximate surface area is 224 Å². The second-order valence-electron chi connectivity index (χ2n) is 8.14. The Morgan fingerprint density at radius 2 is 1.94 bits per heavy atom. The minimum Gasteiger partial charge on any atom is -0.481 e. The first-order chi connectivity index (χ1) is 17.2. The number of hydrogen-bond donors (Lipinski definition) is 0. The van der Waals surface area contributed by atoms with Gasteiger partial charge in [-0.15, -0.1) is 0 Å². The highest BCUT2D eigenvalue weighted by atomic mass is 79.9. The summed E-state index contributed by atoms with van der Waals surface area (Å²) in [6.45, 7) is 3.81. The van der Waals surface area contributed by atoms with E-state index >= 15 is 0 Å². The van der Waals surface area contributed by atoms with E-state index in [1.165, 1.54) is 23.0 Å². The van der Waals surface area contributed by atoms with Gasteiger partial charge in [-0.05, 0) is 42.0 Å². The predicted molar refractivity (Wildman–Crippen MR) is 145 cm³/mol. The van der Waals surface area contributed by atoms with Crippen LogP contribution in [0.4, 0.5) is 5.69 Å². The van der Waals surface area contributed by atoms with Crippen molar-refractivity contribution in [2.75, 3.05) is 0 Å². The molecule has 0 bridgehead atoms. The van der Waals surface area contributed by atoms with Crippen molar-refractivity contribution >= 4 is 61.9 Å². The van der Waals surface area contributed by atoms with Crippen molar-refractivity contribution < 1.29 is 9.66 Å². The zero-order valence-electron chi connectivity index (χ0n) is 19.1. The summed E-state index contributed by atoms with van der Waals surface area (Å²) >= 11 is 15.4. The maximum absolute atomic E-state index is 13.3. The topological polar surface area (TPSA) is 99.6 Å². The van der Waals surface area contributed by atoms with Crippen molar-refractivity contribution in [3.8, 4) is 5.75 Å². The molecule has 184 valence electrons. The van der Waals surface area contributed by atoms with E-state index in [1.807, 2.05) is 19.9 Å². The quantitative estimate of drug-likeness (QED) is 0.132. The zero-order chi connectivity index (χ0) is 26.0. The summed E-state index contributed by atoms with van der Waals surface area (Å²) in [5.41, 5.74) is 0.952. The summed E-state index contributed by atoms with van der Waals surface area (Å²) in [4.78, 5) is 29.1. The fourth-order valence-corrected chi connectivity index (χ4v) is 4.18. The molecule has 0 fully saturated rings. The number of rotatable bonds is 7. The van der Waals surface area contributed by atoms with Crippen LogP contribution in [0, 0.1) is 10.1 Å². The Morgan fingerprint density at radius 3 is 2.64 bits per heavy atom. The van der Waals surface area contributed by atoms with Gasteiger partial charge in [-0.3, -0.25) is 14.9 Å². The molecule has 0 spiro atoms. The van der Waals surface area contributed by atoms with E-state index in [0.29, 0.717) is 37.9 Å². The third-order valence-electron chi connectivity index (χ3n) is 5.25. The van der Waals surface area contributed by atoms with E-state index in [0.717, 1.165) is 4.47 Å². The van der Waals surface area contributed by atoms with Gasteiger partial charge in [0.05, 0.1) is 32.1 Å². The minimum absolute atomic E-state index is 0.00529. The van der Waals surface area contributed by atoms with E-state index in [9.17, 15) is 14.9 Å². The summed E-state index contributed by atoms with van der Waals surface area (Å²) in [5, 5.41) is 17.2. The van der Waals surface area contributed by atoms with Gasteiger partial charge in [0, 0.05) is 22.0 Å². The molecule has 0 radical (unpaired) electrons. The maximum atomic E-state index is 13.3. The standard InChI is InChI=1S/C25H19BrCl2N4O4/c1-14(2)24-30-21-9-7-17(26)11-18(21)25(33)31(24)29-12-16-4-3-5-22(32(34)35)23(16)36-13-15-6-8-19(27)20(28)10-15/h3-12,14H,13H2,1-2H3. The van der Waals surface area contributed by atoms with Crippen molar-refractivity contribution in [2.24, 2.45) is 5.10 Å². The third kappa shape index (κ3) is 5.43. The number of ether oxygens (including phenoxy) is 1. The molecule has 0 aliphatic heterocycles. The van der Waals surface area contributed by atoms with E-state index in [4.69, 9.17) is 27.9 Å². The first-order valence-electron chi connectivity index (χ1n) is 10.8. The first-order valence-corrected chi connectivity index (χ1v) is 12.3. The maximum Gasteiger partial charge on any atom is 0.311 e. The van der Waals surface area contributed by atoms with Crippen molar-refractivity contribution in [3.63, 3.8) is 0 Å². The number of nitrogens with zero attached hydrogens (tertiary/aromatic N) is 4. The SMILES string of the molecule is CC(C)c1nc2ccc(Br)cc2c(=O)n1N=Cc1cccc([N+](=O)[O-])c1OCc1ccc(Cl)c(Cl)c1. The largest absolute Gasteiger partial charge is 0.481 e. The van der Waals surface area contributed by atoms with Crippen molar-refractivity contribution in [1.82, 2.24) is 9.66 Å². The summed E-state index contributed by atoms with van der Waals surface area (Å²) in [5.74, 6) is 0.348. The molecule has 4 aromatic rings. The number of nitro groups is 1. The van der Waals surface area contributed by atoms with Crippen LogP contribution in [0.15, 0.2) is 69.0 Å². The van der Waals surface area contributed by atoms with Crippen LogP contribution >= 0.6 is 39.1 Å². The molecule has 0 saturated carbocycles. The van der Waals surface area contributed by atoms with Crippen LogP contribution in [0.2, 0.25) is 10.0 Å². The highest BCUT2D eigenvalue weighted by molar-refractivity contribution is 9.10. The van der Waals surface area contributed by atoms with Crippen LogP contribution in [-0.2, 0) is 6.61 Å². The van der Waals surface area contributed by atoms with Gasteiger partial charge in [0.1, 0.15) is 12.4 Å². The molecule has 1 heterocycles. The fourth-order valence-electron chi connectivity index (χ4n) is 3.50. The monoisotopic (exact) mass is 588 g/mol. The number of nitro benzene ring substituents is 1. The lowest BCUT2D eigenvalue weighted by Gasteiger charge is -2.13. The van der Waals surface area contributed by atoms with Crippen LogP contribution < -0.4 is 10.3 Å². The van der Waals surface area contributed by atoms with Gasteiger partial charge in [0.15, 0.2) is 0 Å². The number of benzene rings is 3. The summed E-state index contributed by atoms with van der Waals surface area (Å²) in [6.07, 6.45) is 1.36. The van der Waals surface area contributed by atoms with E-state index in [2.05, 4.69) is 26.0 Å². The molecule has 0 aliphatic rings. The predicted octanol–water partition coefficient (Wildman–Crippen LogP) is 6.96. The Bertz CT molecular complexity index is 1570. The minimum atomic E-state index is -0.539. The van der Waals surface area contributed by atoms with Gasteiger partial charge >= 0.3 is 5.69 Å². The molecule has 4 rings (SSSR count). The van der Waals surface area contributed by atoms with Gasteiger partial charge in [-0.1, -0.05) is 65.1 Å². The van der Waals surface area contributed by atoms with Crippen LogP contribution in [0.3, 0.4) is 0 Å². The van der Waals surface area contributed by atoms with Crippen molar-refractivity contribution in [2.45, 2.75) is 26.4 Å². The number of para-hydroxylation sites is 1. The molecule has 0 unspecified atom stereocenters. The second-order valence-corrected chi connectivity index (χ2v) is 9.87. The van der Waals surface area contributed by atoms with Crippen molar-refractivity contribution in [1.29, 1.82) is 0 Å². The van der Waals surface area contributed by atoms with Gasteiger partial charge < -0.3 is 4.74 Å². The lowest BCUT2D eigenvalue weighted by Crippen LogP contribution is -2.23. The number of fused-ring (bicyclic) bond motifs is 1. The molecular weight excluding hydrogens is 571 g/mol. The molecule has 0 atom stereocenters. The molecule has 0 amide bonds. The lowest BCUT2D eigenvalue weighted by atomic mass is 10.1. The van der Waals surface area contributed by atoms with Gasteiger partial charge in [-0.2, -0.15) is 9.78 Å². The average molecular weight is 590 g/mol. The second kappa shape index (κ2) is 10.8. The summed E-state index contributed by atoms with van der Waals surface area (Å²) < 4.78 is 7.79. The highest BCUT2D eigenvalue weighted by Gasteiger charge is 2.20. The molecule has 0 aliphatic carbocycles. The molecule has 11 heteroatoms. The fraction of sp³-hybridized carbons (Fsp3) is 0.160. The smallest absolute Gasteiger partial charge is 0.311 e. The third-order valence-corrected chi connectivity index (χ3v) is 6.48. The Balaban J connectivity index is 1.78. The van der Waals surface area contributed by atoms with Crippen LogP contribution in [0.25, 0.3) is 10.9 Å². The molecule has 1 aromatic heterocycles. The molecular formula is C25H19BrCl2N4O4. The highest BCUT2D eigenvalue weighted by Crippen LogP contribution is 2.31. The molecule has 36 heavy (non-hydrogen) atoms. The number of hydrogen-bond acceptors (Lipinski definition) is 6. The first kappa shape index (κ1) is 25.8. The molecule has 0 saturated heterocycles. The zero-order valence-corrected chi connectivity index (χ0v) is 22.2. The van der Waals surface area contributed by atoms with Crippen LogP contribution in [0.5, 0.6) is 5.75 Å². The lowest BCUT2D eigenvalue weighted by molar-refractivity contribution is -0.385. The Morgan fingerprint density at radius 1 is 1.17 bits per heavy atom. The van der Waals surface area contributed by atoms with Crippen molar-refractivity contribution in [3.05, 3.63) is 107 Å².